The van der Waals surface area contributed by atoms with Crippen LogP contribution < -0.4 is 8.55 Å². The van der Waals surface area contributed by atoms with Crippen molar-refractivity contribution < 1.29 is 16.3 Å². The second kappa shape index (κ2) is 4.97. The monoisotopic (exact) mass is 293 g/mol. The fraction of sp³-hybridized carbons (Fsp3) is 0.0526. The molecule has 1 aliphatic carbocycles. The van der Waals surface area contributed by atoms with Crippen molar-refractivity contribution in [3.05, 3.63) is 83.9 Å². The molecule has 0 radical (unpaired) electrons. The van der Waals surface area contributed by atoms with Crippen LogP contribution >= 0.6 is 0 Å². The fourth-order valence-electron chi connectivity index (χ4n) is 2.89. The van der Waals surface area contributed by atoms with E-state index in [2.05, 4.69) is 72.8 Å². The number of hydrogen-bond donors (Lipinski definition) is 0. The van der Waals surface area contributed by atoms with Gasteiger partial charge >= 0.3 is 126 Å². The summed E-state index contributed by atoms with van der Waals surface area (Å²) in [4.78, 5) is 0. The van der Waals surface area contributed by atoms with E-state index in [9.17, 15) is 0 Å². The van der Waals surface area contributed by atoms with Gasteiger partial charge < -0.3 is 0 Å². The molecule has 3 aromatic rings. The SMILES string of the molecule is c1cc[c]([V][c]2cccc3c2Cc2ccccc2-3)cc1. The Morgan fingerprint density at radius 1 is 0.650 bits per heavy atom. The summed E-state index contributed by atoms with van der Waals surface area (Å²) in [5.74, 6) is 0. The first kappa shape index (κ1) is 12.0. The molecular weight excluding hydrogens is 279 g/mol. The molecule has 1 heteroatoms. The van der Waals surface area contributed by atoms with Crippen LogP contribution in [-0.2, 0) is 22.7 Å². The summed E-state index contributed by atoms with van der Waals surface area (Å²) < 4.78 is 3.04. The molecule has 0 unspecified atom stereocenters. The van der Waals surface area contributed by atoms with Crippen LogP contribution in [-0.4, -0.2) is 0 Å². The average molecular weight is 293 g/mol. The summed E-state index contributed by atoms with van der Waals surface area (Å²) in [5, 5.41) is 0. The summed E-state index contributed by atoms with van der Waals surface area (Å²) >= 11 is 0.0833. The van der Waals surface area contributed by atoms with Crippen LogP contribution in [0, 0.1) is 0 Å². The predicted octanol–water partition coefficient (Wildman–Crippen LogP) is 3.29. The Balaban J connectivity index is 1.78. The maximum atomic E-state index is 2.32. The molecule has 0 N–H and O–H groups in total. The van der Waals surface area contributed by atoms with E-state index >= 15 is 0 Å². The van der Waals surface area contributed by atoms with Gasteiger partial charge in [-0.25, -0.2) is 0 Å². The van der Waals surface area contributed by atoms with Gasteiger partial charge in [0.1, 0.15) is 0 Å². The zero-order chi connectivity index (χ0) is 13.4. The van der Waals surface area contributed by atoms with E-state index < -0.39 is 0 Å². The van der Waals surface area contributed by atoms with Crippen molar-refractivity contribution in [3.63, 3.8) is 0 Å². The summed E-state index contributed by atoms with van der Waals surface area (Å²) in [6.07, 6.45) is 1.10. The molecule has 0 bridgehead atoms. The molecule has 3 aromatic carbocycles. The first-order valence-corrected chi connectivity index (χ1v) is 8.28. The molecule has 95 valence electrons. The zero-order valence-electron chi connectivity index (χ0n) is 11.1. The predicted molar refractivity (Wildman–Crippen MR) is 80.4 cm³/mol. The van der Waals surface area contributed by atoms with E-state index in [1.54, 1.807) is 9.84 Å². The molecule has 0 amide bonds. The Hall–Kier alpha value is -1.76. The van der Waals surface area contributed by atoms with Gasteiger partial charge in [-0.05, 0) is 0 Å². The zero-order valence-corrected chi connectivity index (χ0v) is 12.5. The van der Waals surface area contributed by atoms with Gasteiger partial charge in [0, 0.05) is 0 Å². The van der Waals surface area contributed by atoms with Gasteiger partial charge in [0.2, 0.25) is 0 Å². The first-order valence-electron chi connectivity index (χ1n) is 6.89. The second-order valence-corrected chi connectivity index (χ2v) is 6.99. The van der Waals surface area contributed by atoms with Crippen molar-refractivity contribution >= 4 is 8.55 Å². The second-order valence-electron chi connectivity index (χ2n) is 5.08. The number of fused-ring (bicyclic) bond motifs is 3. The molecule has 20 heavy (non-hydrogen) atoms. The van der Waals surface area contributed by atoms with E-state index in [0.29, 0.717) is 0 Å². The van der Waals surface area contributed by atoms with Crippen LogP contribution in [0.2, 0.25) is 0 Å². The quantitative estimate of drug-likeness (QED) is 0.532. The van der Waals surface area contributed by atoms with Crippen molar-refractivity contribution in [1.82, 2.24) is 0 Å². The minimum absolute atomic E-state index is 0.0833. The van der Waals surface area contributed by atoms with E-state index in [1.165, 1.54) is 21.0 Å². The van der Waals surface area contributed by atoms with E-state index in [0.717, 1.165) is 6.42 Å². The third kappa shape index (κ3) is 2.02. The normalized spacial score (nSPS) is 11.8. The molecular formula is C19H14V. The average Bonchev–Trinajstić information content (AvgIpc) is 2.88. The number of benzene rings is 3. The molecule has 1 aliphatic rings. The maximum absolute atomic E-state index is 2.32. The van der Waals surface area contributed by atoms with Crippen LogP contribution in [0.1, 0.15) is 11.1 Å². The van der Waals surface area contributed by atoms with Crippen molar-refractivity contribution in [2.75, 3.05) is 0 Å². The van der Waals surface area contributed by atoms with E-state index in [1.807, 2.05) is 0 Å². The van der Waals surface area contributed by atoms with Gasteiger partial charge in [0.05, 0.1) is 0 Å². The van der Waals surface area contributed by atoms with Crippen molar-refractivity contribution in [3.8, 4) is 11.1 Å². The van der Waals surface area contributed by atoms with Crippen molar-refractivity contribution in [1.29, 1.82) is 0 Å². The van der Waals surface area contributed by atoms with E-state index in [4.69, 9.17) is 0 Å². The van der Waals surface area contributed by atoms with Crippen LogP contribution in [0.3, 0.4) is 0 Å². The third-order valence-corrected chi connectivity index (χ3v) is 5.73. The summed E-state index contributed by atoms with van der Waals surface area (Å²) in [6, 6.07) is 26.5. The van der Waals surface area contributed by atoms with Gasteiger partial charge in [-0.1, -0.05) is 0 Å². The topological polar surface area (TPSA) is 0 Å². The molecule has 0 spiro atoms. The number of hydrogen-bond acceptors (Lipinski definition) is 0. The number of rotatable bonds is 2. The Bertz CT molecular complexity index is 760. The molecule has 0 nitrogen and oxygen atoms in total. The van der Waals surface area contributed by atoms with Gasteiger partial charge in [-0.15, -0.1) is 0 Å². The first-order chi connectivity index (χ1) is 9.92. The van der Waals surface area contributed by atoms with Crippen LogP contribution in [0.15, 0.2) is 72.8 Å². The Morgan fingerprint density at radius 2 is 1.40 bits per heavy atom. The minimum atomic E-state index is 0.0833. The molecule has 4 rings (SSSR count). The van der Waals surface area contributed by atoms with Crippen molar-refractivity contribution in [2.45, 2.75) is 6.42 Å². The fourth-order valence-corrected chi connectivity index (χ4v) is 4.60. The van der Waals surface area contributed by atoms with E-state index in [-0.39, 0.29) is 16.3 Å². The van der Waals surface area contributed by atoms with Gasteiger partial charge in [-0.2, -0.15) is 0 Å². The van der Waals surface area contributed by atoms with Gasteiger partial charge in [0.15, 0.2) is 0 Å². The molecule has 0 atom stereocenters. The summed E-state index contributed by atoms with van der Waals surface area (Å²) in [6.45, 7) is 0. The van der Waals surface area contributed by atoms with Crippen LogP contribution in [0.25, 0.3) is 11.1 Å². The molecule has 0 aromatic heterocycles. The summed E-state index contributed by atoms with van der Waals surface area (Å²) in [7, 11) is 0. The molecule has 0 aliphatic heterocycles. The Morgan fingerprint density at radius 3 is 2.30 bits per heavy atom. The van der Waals surface area contributed by atoms with Crippen LogP contribution in [0.4, 0.5) is 0 Å². The van der Waals surface area contributed by atoms with Gasteiger partial charge in [-0.3, -0.25) is 0 Å². The van der Waals surface area contributed by atoms with Gasteiger partial charge in [0.25, 0.3) is 0 Å². The molecule has 0 fully saturated rings. The summed E-state index contributed by atoms with van der Waals surface area (Å²) in [5.41, 5.74) is 5.91. The standard InChI is InChI=1S/C13H9.C6H5.V/c1-3-7-12-10(5-1)9-11-6-2-4-8-13(11)12;1-2-4-6-5-3-1;/h1-5,7-8H,9H2;1-5H;. The third-order valence-electron chi connectivity index (χ3n) is 3.83. The Labute approximate surface area is 126 Å². The molecule has 0 heterocycles. The molecule has 0 saturated heterocycles. The Kier molecular flexibility index (Phi) is 2.99. The van der Waals surface area contributed by atoms with Crippen molar-refractivity contribution in [2.24, 2.45) is 0 Å². The molecule has 0 saturated carbocycles. The van der Waals surface area contributed by atoms with Crippen LogP contribution in [0.5, 0.6) is 0 Å².